The summed E-state index contributed by atoms with van der Waals surface area (Å²) in [4.78, 5) is 37.7. The number of carboxylic acids is 1. The Hall–Kier alpha value is -2.75. The molecule has 9 heteroatoms. The number of ether oxygens (including phenoxy) is 4. The Morgan fingerprint density at radius 3 is 0.977 bits per heavy atom. The van der Waals surface area contributed by atoms with E-state index in [4.69, 9.17) is 18.9 Å². The van der Waals surface area contributed by atoms with Crippen molar-refractivity contribution in [1.82, 2.24) is 0 Å². The molecule has 0 aliphatic heterocycles. The molecule has 87 heavy (non-hydrogen) atoms. The number of likely N-dealkylation sites (N-methyl/N-ethyl adjacent to an activating group) is 1. The van der Waals surface area contributed by atoms with E-state index in [1.807, 2.05) is 21.1 Å². The molecule has 0 aromatic rings. The lowest BCUT2D eigenvalue weighted by Gasteiger charge is -2.25. The topological polar surface area (TPSA) is 108 Å². The molecule has 0 saturated heterocycles. The van der Waals surface area contributed by atoms with Crippen LogP contribution in [0.25, 0.3) is 0 Å². The maximum atomic E-state index is 13.0. The first kappa shape index (κ1) is 84.2. The van der Waals surface area contributed by atoms with E-state index in [0.29, 0.717) is 17.4 Å². The van der Waals surface area contributed by atoms with Crippen molar-refractivity contribution in [1.29, 1.82) is 0 Å². The van der Waals surface area contributed by atoms with E-state index in [1.54, 1.807) is 0 Å². The minimum absolute atomic E-state index is 0.177. The Labute approximate surface area is 540 Å². The van der Waals surface area contributed by atoms with Gasteiger partial charge in [-0.2, -0.15) is 0 Å². The Balaban J connectivity index is 4.01. The maximum absolute atomic E-state index is 13.0. The largest absolute Gasteiger partial charge is 0.477 e. The summed E-state index contributed by atoms with van der Waals surface area (Å²) in [6, 6.07) is 0. The van der Waals surface area contributed by atoms with Crippen LogP contribution in [0.15, 0.2) is 48.6 Å². The van der Waals surface area contributed by atoms with E-state index in [0.717, 1.165) is 64.2 Å². The van der Waals surface area contributed by atoms with Crippen LogP contribution in [0.1, 0.15) is 373 Å². The first-order valence-electron chi connectivity index (χ1n) is 37.8. The highest BCUT2D eigenvalue weighted by atomic mass is 16.7. The Morgan fingerprint density at radius 1 is 0.356 bits per heavy atom. The number of rotatable bonds is 71. The number of allylic oxidation sites excluding steroid dienone is 8. The molecule has 0 rings (SSSR count). The highest BCUT2D eigenvalue weighted by Gasteiger charge is 2.25. The fourth-order valence-corrected chi connectivity index (χ4v) is 11.4. The highest BCUT2D eigenvalue weighted by molar-refractivity contribution is 5.71. The average Bonchev–Trinajstić information content (AvgIpc) is 3.57. The van der Waals surface area contributed by atoms with Gasteiger partial charge in [0.05, 0.1) is 34.4 Å². The highest BCUT2D eigenvalue weighted by Crippen LogP contribution is 2.19. The molecule has 2 unspecified atom stereocenters. The monoisotopic (exact) mass is 1230 g/mol. The average molecular weight is 1230 g/mol. The Kier molecular flexibility index (Phi) is 67.0. The number of unbranched alkanes of at least 4 members (excludes halogenated alkanes) is 48. The standard InChI is InChI=1S/C78H145NO8/c1-6-8-10-12-14-16-18-20-22-24-26-28-30-32-34-36-37-38-39-41-42-44-46-48-50-52-54-56-58-60-62-64-66-68-75(80)85-72-74(73-86-78(77(82)83)84-71-70-79(3,4)5)87-76(81)69-67-65-63-61-59-57-55-53-51-49-47-45-43-40-35-33-31-29-27-25-23-21-19-17-15-13-11-9-7-2/h9,11,15,17,21,23,27,29,74,78H,6-8,10,12-14,16,18-20,22,24-26,28,30-73H2,1-5H3/p+1/b11-9-,17-15-,23-21-,29-27-. The molecular weight excluding hydrogens is 1080 g/mol. The third-order valence-electron chi connectivity index (χ3n) is 17.1. The zero-order valence-corrected chi connectivity index (χ0v) is 58.5. The van der Waals surface area contributed by atoms with Crippen LogP contribution in [0.4, 0.5) is 0 Å². The molecule has 510 valence electrons. The number of carboxylic acid groups (broad SMARTS) is 1. The van der Waals surface area contributed by atoms with Crippen molar-refractivity contribution in [3.63, 3.8) is 0 Å². The van der Waals surface area contributed by atoms with Gasteiger partial charge in [-0.15, -0.1) is 0 Å². The minimum Gasteiger partial charge on any atom is -0.477 e. The molecule has 0 spiro atoms. The van der Waals surface area contributed by atoms with Gasteiger partial charge in [-0.1, -0.05) is 358 Å². The molecular formula is C78H146NO8+. The van der Waals surface area contributed by atoms with Gasteiger partial charge >= 0.3 is 17.9 Å². The molecule has 2 atom stereocenters. The van der Waals surface area contributed by atoms with Crippen molar-refractivity contribution in [2.24, 2.45) is 0 Å². The molecule has 0 bridgehead atoms. The van der Waals surface area contributed by atoms with Crippen LogP contribution in [-0.4, -0.2) is 87.4 Å². The van der Waals surface area contributed by atoms with Gasteiger partial charge in [0, 0.05) is 12.8 Å². The van der Waals surface area contributed by atoms with Crippen molar-refractivity contribution in [2.75, 3.05) is 47.5 Å². The lowest BCUT2D eigenvalue weighted by atomic mass is 10.0. The van der Waals surface area contributed by atoms with Gasteiger partial charge in [0.2, 0.25) is 0 Å². The summed E-state index contributed by atoms with van der Waals surface area (Å²) in [6.45, 7) is 4.84. The number of quaternary nitrogens is 1. The lowest BCUT2D eigenvalue weighted by Crippen LogP contribution is -2.40. The summed E-state index contributed by atoms with van der Waals surface area (Å²) in [7, 11) is 5.99. The number of esters is 2. The summed E-state index contributed by atoms with van der Waals surface area (Å²) in [5, 5.41) is 9.76. The number of hydrogen-bond donors (Lipinski definition) is 1. The first-order valence-corrected chi connectivity index (χ1v) is 37.8. The third kappa shape index (κ3) is 70.6. The van der Waals surface area contributed by atoms with Gasteiger partial charge in [0.1, 0.15) is 13.2 Å². The van der Waals surface area contributed by atoms with Crippen LogP contribution in [-0.2, 0) is 33.3 Å². The van der Waals surface area contributed by atoms with Crippen molar-refractivity contribution in [3.8, 4) is 0 Å². The van der Waals surface area contributed by atoms with Crippen LogP contribution < -0.4 is 0 Å². The number of hydrogen-bond acceptors (Lipinski definition) is 7. The van der Waals surface area contributed by atoms with E-state index in [-0.39, 0.29) is 38.2 Å². The van der Waals surface area contributed by atoms with Gasteiger partial charge in [-0.25, -0.2) is 4.79 Å². The van der Waals surface area contributed by atoms with Crippen molar-refractivity contribution >= 4 is 17.9 Å². The van der Waals surface area contributed by atoms with E-state index >= 15 is 0 Å². The second-order valence-electron chi connectivity index (χ2n) is 26.9. The van der Waals surface area contributed by atoms with Crippen LogP contribution in [0.5, 0.6) is 0 Å². The molecule has 1 N–H and O–H groups in total. The molecule has 0 aliphatic carbocycles. The zero-order valence-electron chi connectivity index (χ0n) is 58.5. The molecule has 0 aromatic carbocycles. The molecule has 0 fully saturated rings. The molecule has 0 heterocycles. The summed E-state index contributed by atoms with van der Waals surface area (Å²) < 4.78 is 23.0. The summed E-state index contributed by atoms with van der Waals surface area (Å²) in [6.07, 6.45) is 86.8. The van der Waals surface area contributed by atoms with Crippen LogP contribution in [0, 0.1) is 0 Å². The SMILES string of the molecule is CC/C=C\C/C=C\C/C=C\C/C=C\CCCCCCCCCCCCCCCCCCC(=O)OC(COC(=O)CCCCCCCCCCCCCCCCCCCCCCCCCCCCCCCCCCC)COC(OCC[N+](C)(C)C)C(=O)O. The minimum atomic E-state index is -1.51. The summed E-state index contributed by atoms with van der Waals surface area (Å²) >= 11 is 0. The second-order valence-corrected chi connectivity index (χ2v) is 26.9. The van der Waals surface area contributed by atoms with Gasteiger partial charge in [0.15, 0.2) is 6.10 Å². The fourth-order valence-electron chi connectivity index (χ4n) is 11.4. The Morgan fingerprint density at radius 2 is 0.655 bits per heavy atom. The summed E-state index contributed by atoms with van der Waals surface area (Å²) in [5.41, 5.74) is 0. The number of carbonyl (C=O) groups excluding carboxylic acids is 2. The lowest BCUT2D eigenvalue weighted by molar-refractivity contribution is -0.870. The van der Waals surface area contributed by atoms with E-state index in [2.05, 4.69) is 62.5 Å². The molecule has 0 amide bonds. The quantitative estimate of drug-likeness (QED) is 0.0211. The molecule has 0 aliphatic rings. The van der Waals surface area contributed by atoms with E-state index in [1.165, 1.54) is 283 Å². The third-order valence-corrected chi connectivity index (χ3v) is 17.1. The summed E-state index contributed by atoms with van der Waals surface area (Å²) in [5.74, 6) is -1.98. The second kappa shape index (κ2) is 69.1. The number of aliphatic carboxylic acids is 1. The van der Waals surface area contributed by atoms with Crippen molar-refractivity contribution in [3.05, 3.63) is 48.6 Å². The predicted molar refractivity (Wildman–Crippen MR) is 374 cm³/mol. The Bertz CT molecular complexity index is 1570. The van der Waals surface area contributed by atoms with E-state index in [9.17, 15) is 19.5 Å². The van der Waals surface area contributed by atoms with Crippen molar-refractivity contribution < 1.29 is 42.9 Å². The van der Waals surface area contributed by atoms with Crippen LogP contribution >= 0.6 is 0 Å². The van der Waals surface area contributed by atoms with Crippen LogP contribution in [0.3, 0.4) is 0 Å². The predicted octanol–water partition coefficient (Wildman–Crippen LogP) is 23.7. The van der Waals surface area contributed by atoms with E-state index < -0.39 is 18.4 Å². The molecule has 0 aromatic heterocycles. The first-order chi connectivity index (χ1) is 42.6. The fraction of sp³-hybridized carbons (Fsp3) is 0.859. The number of carbonyl (C=O) groups is 3. The normalized spacial score (nSPS) is 12.9. The number of nitrogens with zero attached hydrogens (tertiary/aromatic N) is 1. The molecule has 0 radical (unpaired) electrons. The van der Waals surface area contributed by atoms with Crippen LogP contribution in [0.2, 0.25) is 0 Å². The van der Waals surface area contributed by atoms with Gasteiger partial charge in [-0.3, -0.25) is 9.59 Å². The van der Waals surface area contributed by atoms with Crippen molar-refractivity contribution in [2.45, 2.75) is 386 Å². The zero-order chi connectivity index (χ0) is 63.3. The van der Waals surface area contributed by atoms with Gasteiger partial charge < -0.3 is 28.5 Å². The van der Waals surface area contributed by atoms with Gasteiger partial charge in [-0.05, 0) is 51.4 Å². The smallest absolute Gasteiger partial charge is 0.361 e. The maximum Gasteiger partial charge on any atom is 0.361 e. The molecule has 0 saturated carbocycles. The van der Waals surface area contributed by atoms with Gasteiger partial charge in [0.25, 0.3) is 6.29 Å². The molecule has 9 nitrogen and oxygen atoms in total.